The number of carbonyl (C=O) groups is 2. The number of halogens is 1. The third-order valence-electron chi connectivity index (χ3n) is 3.82. The van der Waals surface area contributed by atoms with Gasteiger partial charge in [-0.3, -0.25) is 4.79 Å². The molecule has 0 aromatic heterocycles. The molecule has 0 unspecified atom stereocenters. The minimum Gasteiger partial charge on any atom is -0.495 e. The van der Waals surface area contributed by atoms with Crippen molar-refractivity contribution in [3.63, 3.8) is 0 Å². The molecule has 0 saturated carbocycles. The number of hydrogen-bond acceptors (Lipinski definition) is 4. The summed E-state index contributed by atoms with van der Waals surface area (Å²) in [5, 5.41) is 0.409. The van der Waals surface area contributed by atoms with E-state index in [1.807, 2.05) is 6.92 Å². The van der Waals surface area contributed by atoms with Crippen LogP contribution >= 0.6 is 11.6 Å². The Morgan fingerprint density at radius 2 is 1.78 bits per heavy atom. The number of carbonyl (C=O) groups excluding carboxylic acids is 2. The van der Waals surface area contributed by atoms with Crippen LogP contribution < -0.4 is 4.74 Å². The highest BCUT2D eigenvalue weighted by molar-refractivity contribution is 6.32. The average molecular weight is 341 g/mol. The van der Waals surface area contributed by atoms with Crippen LogP contribution in [0, 0.1) is 6.92 Å². The van der Waals surface area contributed by atoms with Crippen LogP contribution in [0.4, 0.5) is 4.79 Å². The van der Waals surface area contributed by atoms with E-state index in [4.69, 9.17) is 21.1 Å². The highest BCUT2D eigenvalue weighted by Gasteiger charge is 2.26. The number of benzene rings is 1. The first-order valence-corrected chi connectivity index (χ1v) is 7.90. The predicted octanol–water partition coefficient (Wildman–Crippen LogP) is 2.57. The molecule has 1 aromatic carbocycles. The van der Waals surface area contributed by atoms with E-state index >= 15 is 0 Å². The van der Waals surface area contributed by atoms with Gasteiger partial charge >= 0.3 is 6.09 Å². The quantitative estimate of drug-likeness (QED) is 0.848. The van der Waals surface area contributed by atoms with Gasteiger partial charge in [0.15, 0.2) is 0 Å². The number of piperazine rings is 1. The van der Waals surface area contributed by atoms with Crippen molar-refractivity contribution in [2.24, 2.45) is 0 Å². The second kappa shape index (κ2) is 7.55. The summed E-state index contributed by atoms with van der Waals surface area (Å²) in [5.74, 6) is 0.461. The summed E-state index contributed by atoms with van der Waals surface area (Å²) in [6.07, 6.45) is -0.330. The maximum absolute atomic E-state index is 12.7. The lowest BCUT2D eigenvalue weighted by atomic mass is 10.1. The van der Waals surface area contributed by atoms with Crippen molar-refractivity contribution in [3.8, 4) is 5.75 Å². The smallest absolute Gasteiger partial charge is 0.409 e. The summed E-state index contributed by atoms with van der Waals surface area (Å²) in [6.45, 7) is 5.85. The van der Waals surface area contributed by atoms with Gasteiger partial charge in [-0.05, 0) is 31.5 Å². The van der Waals surface area contributed by atoms with Crippen molar-refractivity contribution in [1.29, 1.82) is 0 Å². The van der Waals surface area contributed by atoms with Crippen LogP contribution in [0.5, 0.6) is 5.75 Å². The normalized spacial score (nSPS) is 14.6. The van der Waals surface area contributed by atoms with Crippen molar-refractivity contribution in [1.82, 2.24) is 9.80 Å². The molecule has 0 aliphatic carbocycles. The molecule has 7 heteroatoms. The van der Waals surface area contributed by atoms with Crippen LogP contribution in [0.15, 0.2) is 12.1 Å². The SMILES string of the molecule is CCOC(=O)N1CCN(C(=O)c2cc(Cl)c(OC)cc2C)CC1. The van der Waals surface area contributed by atoms with Gasteiger partial charge in [-0.2, -0.15) is 0 Å². The Morgan fingerprint density at radius 1 is 1.17 bits per heavy atom. The fourth-order valence-electron chi connectivity index (χ4n) is 2.52. The van der Waals surface area contributed by atoms with Crippen molar-refractivity contribution in [2.75, 3.05) is 39.9 Å². The van der Waals surface area contributed by atoms with E-state index in [1.165, 1.54) is 7.11 Å². The Hall–Kier alpha value is -1.95. The molecule has 6 nitrogen and oxygen atoms in total. The topological polar surface area (TPSA) is 59.1 Å². The fraction of sp³-hybridized carbons (Fsp3) is 0.500. The maximum atomic E-state index is 12.7. The zero-order valence-corrected chi connectivity index (χ0v) is 14.4. The third kappa shape index (κ3) is 3.88. The second-order valence-corrected chi connectivity index (χ2v) is 5.69. The van der Waals surface area contributed by atoms with Gasteiger partial charge < -0.3 is 19.3 Å². The highest BCUT2D eigenvalue weighted by Crippen LogP contribution is 2.28. The lowest BCUT2D eigenvalue weighted by molar-refractivity contribution is 0.0570. The number of ether oxygens (including phenoxy) is 2. The molecule has 1 aliphatic heterocycles. The van der Waals surface area contributed by atoms with Gasteiger partial charge in [0.05, 0.1) is 18.7 Å². The molecule has 126 valence electrons. The first-order valence-electron chi connectivity index (χ1n) is 7.53. The molecule has 23 heavy (non-hydrogen) atoms. The molecule has 2 rings (SSSR count). The zero-order chi connectivity index (χ0) is 17.0. The van der Waals surface area contributed by atoms with Crippen LogP contribution in [0.3, 0.4) is 0 Å². The van der Waals surface area contributed by atoms with E-state index in [9.17, 15) is 9.59 Å². The third-order valence-corrected chi connectivity index (χ3v) is 4.12. The monoisotopic (exact) mass is 340 g/mol. The minimum absolute atomic E-state index is 0.0874. The molecule has 0 spiro atoms. The summed E-state index contributed by atoms with van der Waals surface area (Å²) in [5.41, 5.74) is 1.37. The molecule has 1 heterocycles. The van der Waals surface area contributed by atoms with Crippen LogP contribution in [0.2, 0.25) is 5.02 Å². The Bertz CT molecular complexity index is 598. The molecule has 1 fully saturated rings. The van der Waals surface area contributed by atoms with E-state index in [-0.39, 0.29) is 12.0 Å². The van der Waals surface area contributed by atoms with Crippen molar-refractivity contribution in [3.05, 3.63) is 28.3 Å². The Kier molecular flexibility index (Phi) is 5.71. The van der Waals surface area contributed by atoms with Gasteiger partial charge in [-0.15, -0.1) is 0 Å². The molecule has 0 atom stereocenters. The van der Waals surface area contributed by atoms with Crippen LogP contribution in [-0.4, -0.2) is 61.7 Å². The number of aryl methyl sites for hydroxylation is 1. The highest BCUT2D eigenvalue weighted by atomic mass is 35.5. The number of methoxy groups -OCH3 is 1. The van der Waals surface area contributed by atoms with Crippen LogP contribution in [0.25, 0.3) is 0 Å². The maximum Gasteiger partial charge on any atom is 0.409 e. The molecule has 1 aromatic rings. The summed E-state index contributed by atoms with van der Waals surface area (Å²) in [7, 11) is 1.54. The van der Waals surface area contributed by atoms with Crippen molar-refractivity contribution < 1.29 is 19.1 Å². The average Bonchev–Trinajstić information content (AvgIpc) is 2.56. The van der Waals surface area contributed by atoms with E-state index < -0.39 is 0 Å². The number of amides is 2. The summed E-state index contributed by atoms with van der Waals surface area (Å²) >= 11 is 6.12. The van der Waals surface area contributed by atoms with E-state index in [0.717, 1.165) is 5.56 Å². The number of hydrogen-bond donors (Lipinski definition) is 0. The van der Waals surface area contributed by atoms with Gasteiger partial charge in [0.25, 0.3) is 5.91 Å². The van der Waals surface area contributed by atoms with Crippen molar-refractivity contribution >= 4 is 23.6 Å². The lowest BCUT2D eigenvalue weighted by Crippen LogP contribution is -2.50. The van der Waals surface area contributed by atoms with E-state index in [0.29, 0.717) is 49.1 Å². The molecule has 2 amide bonds. The summed E-state index contributed by atoms with van der Waals surface area (Å²) in [6, 6.07) is 3.39. The van der Waals surface area contributed by atoms with E-state index in [1.54, 1.807) is 28.9 Å². The second-order valence-electron chi connectivity index (χ2n) is 5.28. The first-order chi connectivity index (χ1) is 11.0. The molecule has 0 N–H and O–H groups in total. The standard InChI is InChI=1S/C16H21ClN2O4/c1-4-23-16(21)19-7-5-18(6-8-19)15(20)12-10-13(17)14(22-3)9-11(12)2/h9-10H,4-8H2,1-3H3. The summed E-state index contributed by atoms with van der Waals surface area (Å²) in [4.78, 5) is 27.7. The Balaban J connectivity index is 2.05. The summed E-state index contributed by atoms with van der Waals surface area (Å²) < 4.78 is 10.1. The molecule has 1 aliphatic rings. The Morgan fingerprint density at radius 3 is 2.35 bits per heavy atom. The van der Waals surface area contributed by atoms with Crippen LogP contribution in [0.1, 0.15) is 22.8 Å². The molecule has 0 bridgehead atoms. The van der Waals surface area contributed by atoms with Gasteiger partial charge in [0, 0.05) is 31.7 Å². The molecular formula is C16H21ClN2O4. The molecular weight excluding hydrogens is 320 g/mol. The van der Waals surface area contributed by atoms with Crippen molar-refractivity contribution in [2.45, 2.75) is 13.8 Å². The number of nitrogens with zero attached hydrogens (tertiary/aromatic N) is 2. The van der Waals surface area contributed by atoms with Gasteiger partial charge in [-0.1, -0.05) is 11.6 Å². The van der Waals surface area contributed by atoms with E-state index in [2.05, 4.69) is 0 Å². The Labute approximate surface area is 140 Å². The van der Waals surface area contributed by atoms with Crippen LogP contribution in [-0.2, 0) is 4.74 Å². The fourth-order valence-corrected chi connectivity index (χ4v) is 2.76. The van der Waals surface area contributed by atoms with Gasteiger partial charge in [0.1, 0.15) is 5.75 Å². The molecule has 1 saturated heterocycles. The van der Waals surface area contributed by atoms with Gasteiger partial charge in [0.2, 0.25) is 0 Å². The largest absolute Gasteiger partial charge is 0.495 e. The first kappa shape index (κ1) is 17.4. The molecule has 0 radical (unpaired) electrons. The number of rotatable bonds is 3. The lowest BCUT2D eigenvalue weighted by Gasteiger charge is -2.34. The minimum atomic E-state index is -0.330. The zero-order valence-electron chi connectivity index (χ0n) is 13.6. The van der Waals surface area contributed by atoms with Gasteiger partial charge in [-0.25, -0.2) is 4.79 Å². The predicted molar refractivity (Wildman–Crippen MR) is 87.2 cm³/mol.